The molecule has 126 valence electrons. The minimum atomic E-state index is -5.75. The van der Waals surface area contributed by atoms with Gasteiger partial charge in [-0.15, -0.1) is 0 Å². The number of allylic oxidation sites excluding steroid dienone is 2. The number of carbonyl (C=O) groups is 2. The van der Waals surface area contributed by atoms with E-state index in [9.17, 15) is 35.9 Å². The smallest absolute Gasteiger partial charge is 0.434 e. The van der Waals surface area contributed by atoms with Crippen LogP contribution in [-0.2, 0) is 14.3 Å². The van der Waals surface area contributed by atoms with Crippen LogP contribution in [0.3, 0.4) is 0 Å². The Kier molecular flexibility index (Phi) is 4.55. The SMILES string of the molecule is CC1(C)C(C(=O)O)C1C(=CC=O)OC(C(F)(F)F)C(F)(F)F. The second-order valence-electron chi connectivity index (χ2n) is 5.40. The third-order valence-electron chi connectivity index (χ3n) is 3.48. The number of hydrogen-bond donors (Lipinski definition) is 1. The molecule has 0 radical (unpaired) electrons. The molecule has 1 aliphatic rings. The quantitative estimate of drug-likeness (QED) is 0.363. The van der Waals surface area contributed by atoms with E-state index in [1.807, 2.05) is 0 Å². The van der Waals surface area contributed by atoms with E-state index in [1.165, 1.54) is 13.8 Å². The molecule has 0 amide bonds. The van der Waals surface area contributed by atoms with E-state index in [2.05, 4.69) is 4.74 Å². The van der Waals surface area contributed by atoms with Crippen LogP contribution in [0.5, 0.6) is 0 Å². The fraction of sp³-hybridized carbons (Fsp3) is 0.667. The lowest BCUT2D eigenvalue weighted by Crippen LogP contribution is -2.44. The predicted octanol–water partition coefficient (Wildman–Crippen LogP) is 2.94. The molecule has 1 rings (SSSR count). The van der Waals surface area contributed by atoms with Crippen LogP contribution in [0.15, 0.2) is 11.8 Å². The zero-order chi connectivity index (χ0) is 17.5. The average Bonchev–Trinajstić information content (AvgIpc) is 2.84. The summed E-state index contributed by atoms with van der Waals surface area (Å²) in [5.41, 5.74) is -1.12. The Morgan fingerprint density at radius 3 is 1.86 bits per heavy atom. The molecular formula is C12H12F6O4. The van der Waals surface area contributed by atoms with E-state index in [0.717, 1.165) is 0 Å². The Labute approximate surface area is 120 Å². The third-order valence-corrected chi connectivity index (χ3v) is 3.48. The molecule has 0 aromatic carbocycles. The molecule has 0 heterocycles. The summed E-state index contributed by atoms with van der Waals surface area (Å²) in [4.78, 5) is 21.4. The topological polar surface area (TPSA) is 63.6 Å². The number of aliphatic carboxylic acids is 1. The van der Waals surface area contributed by atoms with Crippen molar-refractivity contribution < 1.29 is 45.8 Å². The minimum absolute atomic E-state index is 0.0492. The summed E-state index contributed by atoms with van der Waals surface area (Å²) in [5.74, 6) is -4.82. The Bertz CT molecular complexity index is 477. The highest BCUT2D eigenvalue weighted by molar-refractivity contribution is 5.77. The second kappa shape index (κ2) is 5.47. The average molecular weight is 334 g/mol. The molecule has 0 aromatic rings. The van der Waals surface area contributed by atoms with Crippen molar-refractivity contribution >= 4 is 12.3 Å². The van der Waals surface area contributed by atoms with Crippen molar-refractivity contribution in [3.63, 3.8) is 0 Å². The number of carboxylic acids is 1. The van der Waals surface area contributed by atoms with Gasteiger partial charge in [0.15, 0.2) is 0 Å². The number of carbonyl (C=O) groups excluding carboxylic acids is 1. The van der Waals surface area contributed by atoms with Crippen molar-refractivity contribution in [3.05, 3.63) is 11.8 Å². The van der Waals surface area contributed by atoms with Crippen LogP contribution in [-0.4, -0.2) is 35.8 Å². The third kappa shape index (κ3) is 3.53. The number of halogens is 6. The van der Waals surface area contributed by atoms with E-state index < -0.39 is 47.4 Å². The number of hydrogen-bond acceptors (Lipinski definition) is 3. The summed E-state index contributed by atoms with van der Waals surface area (Å²) in [5, 5.41) is 8.91. The molecule has 1 saturated carbocycles. The van der Waals surface area contributed by atoms with E-state index in [1.54, 1.807) is 0 Å². The van der Waals surface area contributed by atoms with Crippen LogP contribution in [0.2, 0.25) is 0 Å². The first kappa shape index (κ1) is 18.3. The maximum absolute atomic E-state index is 12.5. The maximum Gasteiger partial charge on any atom is 0.434 e. The molecule has 22 heavy (non-hydrogen) atoms. The zero-order valence-corrected chi connectivity index (χ0v) is 11.3. The van der Waals surface area contributed by atoms with Crippen LogP contribution in [0.4, 0.5) is 26.3 Å². The first-order chi connectivity index (χ1) is 9.74. The van der Waals surface area contributed by atoms with Crippen LogP contribution in [0, 0.1) is 17.3 Å². The molecule has 0 bridgehead atoms. The lowest BCUT2D eigenvalue weighted by molar-refractivity contribution is -0.314. The largest absolute Gasteiger partial charge is 0.481 e. The van der Waals surface area contributed by atoms with Crippen LogP contribution < -0.4 is 0 Å². The summed E-state index contributed by atoms with van der Waals surface area (Å²) < 4.78 is 78.8. The summed E-state index contributed by atoms with van der Waals surface area (Å²) in [6.45, 7) is 2.68. The fourth-order valence-corrected chi connectivity index (χ4v) is 2.37. The summed E-state index contributed by atoms with van der Waals surface area (Å²) in [6.07, 6.45) is -15.3. The zero-order valence-electron chi connectivity index (χ0n) is 11.3. The van der Waals surface area contributed by atoms with E-state index in [-0.39, 0.29) is 6.29 Å². The number of alkyl halides is 6. The van der Waals surface area contributed by atoms with Gasteiger partial charge in [-0.05, 0) is 5.41 Å². The molecular weight excluding hydrogens is 322 g/mol. The Balaban J connectivity index is 3.12. The van der Waals surface area contributed by atoms with E-state index >= 15 is 0 Å². The molecule has 0 aromatic heterocycles. The second-order valence-corrected chi connectivity index (χ2v) is 5.40. The van der Waals surface area contributed by atoms with Gasteiger partial charge in [-0.1, -0.05) is 13.8 Å². The van der Waals surface area contributed by atoms with E-state index in [4.69, 9.17) is 5.11 Å². The molecule has 1 N–H and O–H groups in total. The van der Waals surface area contributed by atoms with Gasteiger partial charge in [0.1, 0.15) is 12.0 Å². The van der Waals surface area contributed by atoms with Crippen molar-refractivity contribution in [3.8, 4) is 0 Å². The summed E-state index contributed by atoms with van der Waals surface area (Å²) in [6, 6.07) is 0. The monoisotopic (exact) mass is 334 g/mol. The van der Waals surface area contributed by atoms with Crippen molar-refractivity contribution in [1.82, 2.24) is 0 Å². The first-order valence-corrected chi connectivity index (χ1v) is 5.92. The lowest BCUT2D eigenvalue weighted by Gasteiger charge is -2.25. The standard InChI is InChI=1S/C12H12F6O4/c1-10(2)6(7(10)8(20)21)5(3-4-19)22-9(11(13,14)15)12(16,17)18/h3-4,6-7,9H,1-2H3,(H,20,21). The van der Waals surface area contributed by atoms with Gasteiger partial charge in [-0.25, -0.2) is 0 Å². The molecule has 1 aliphatic carbocycles. The summed E-state index contributed by atoms with van der Waals surface area (Å²) >= 11 is 0. The Morgan fingerprint density at radius 1 is 1.14 bits per heavy atom. The normalized spacial score (nSPS) is 25.0. The van der Waals surface area contributed by atoms with Crippen LogP contribution in [0.25, 0.3) is 0 Å². The lowest BCUT2D eigenvalue weighted by atomic mass is 10.1. The molecule has 10 heteroatoms. The summed E-state index contributed by atoms with van der Waals surface area (Å²) in [7, 11) is 0. The molecule has 4 nitrogen and oxygen atoms in total. The first-order valence-electron chi connectivity index (χ1n) is 5.92. The Morgan fingerprint density at radius 2 is 1.59 bits per heavy atom. The number of aldehydes is 1. The van der Waals surface area contributed by atoms with Gasteiger partial charge in [-0.3, -0.25) is 9.59 Å². The predicted molar refractivity (Wildman–Crippen MR) is 59.5 cm³/mol. The highest BCUT2D eigenvalue weighted by Gasteiger charge is 2.67. The van der Waals surface area contributed by atoms with Crippen molar-refractivity contribution in [2.45, 2.75) is 32.3 Å². The highest BCUT2D eigenvalue weighted by Crippen LogP contribution is 2.62. The van der Waals surface area contributed by atoms with Crippen molar-refractivity contribution in [1.29, 1.82) is 0 Å². The molecule has 2 atom stereocenters. The van der Waals surface area contributed by atoms with Crippen molar-refractivity contribution in [2.75, 3.05) is 0 Å². The molecule has 2 unspecified atom stereocenters. The number of rotatable bonds is 5. The van der Waals surface area contributed by atoms with E-state index in [0.29, 0.717) is 6.08 Å². The molecule has 0 spiro atoms. The number of ether oxygens (including phenoxy) is 1. The van der Waals surface area contributed by atoms with Gasteiger partial charge in [0.2, 0.25) is 0 Å². The molecule has 0 aliphatic heterocycles. The Hall–Kier alpha value is -1.74. The van der Waals surface area contributed by atoms with Gasteiger partial charge >= 0.3 is 18.3 Å². The minimum Gasteiger partial charge on any atom is -0.481 e. The fourth-order valence-electron chi connectivity index (χ4n) is 2.37. The van der Waals surface area contributed by atoms with Crippen LogP contribution in [0.1, 0.15) is 13.8 Å². The maximum atomic E-state index is 12.5. The van der Waals surface area contributed by atoms with Gasteiger partial charge in [0.25, 0.3) is 6.10 Å². The van der Waals surface area contributed by atoms with Gasteiger partial charge in [0.05, 0.1) is 5.92 Å². The van der Waals surface area contributed by atoms with Crippen LogP contribution >= 0.6 is 0 Å². The van der Waals surface area contributed by atoms with Gasteiger partial charge in [0, 0.05) is 12.0 Å². The van der Waals surface area contributed by atoms with Gasteiger partial charge in [-0.2, -0.15) is 26.3 Å². The number of carboxylic acid groups (broad SMARTS) is 1. The highest BCUT2D eigenvalue weighted by atomic mass is 19.4. The molecule has 0 saturated heterocycles. The van der Waals surface area contributed by atoms with Crippen molar-refractivity contribution in [2.24, 2.45) is 17.3 Å². The van der Waals surface area contributed by atoms with Gasteiger partial charge < -0.3 is 9.84 Å². The molecule has 1 fully saturated rings.